The summed E-state index contributed by atoms with van der Waals surface area (Å²) in [5.74, 6) is -0.805. The van der Waals surface area contributed by atoms with Gasteiger partial charge in [0.15, 0.2) is 11.6 Å². The molecular formula is C14H21FN2O. The SMILES string of the molecule is CN(C)CC1CCCN1Cc1ccc(O)c(F)c1. The minimum Gasteiger partial charge on any atom is -0.505 e. The van der Waals surface area contributed by atoms with Crippen LogP contribution in [-0.2, 0) is 6.54 Å². The lowest BCUT2D eigenvalue weighted by Crippen LogP contribution is -2.37. The van der Waals surface area contributed by atoms with Gasteiger partial charge < -0.3 is 10.0 Å². The molecule has 0 amide bonds. The molecule has 1 aromatic rings. The van der Waals surface area contributed by atoms with Crippen molar-refractivity contribution in [3.05, 3.63) is 29.6 Å². The molecule has 100 valence electrons. The largest absolute Gasteiger partial charge is 0.505 e. The van der Waals surface area contributed by atoms with Crippen molar-refractivity contribution in [2.45, 2.75) is 25.4 Å². The number of halogens is 1. The molecule has 0 aliphatic carbocycles. The van der Waals surface area contributed by atoms with Crippen molar-refractivity contribution < 1.29 is 9.50 Å². The number of hydrogen-bond donors (Lipinski definition) is 1. The standard InChI is InChI=1S/C14H21FN2O/c1-16(2)10-12-4-3-7-17(12)9-11-5-6-14(18)13(15)8-11/h5-6,8,12,18H,3-4,7,9-10H2,1-2H3. The van der Waals surface area contributed by atoms with Crippen LogP contribution in [0.2, 0.25) is 0 Å². The number of aromatic hydroxyl groups is 1. The summed E-state index contributed by atoms with van der Waals surface area (Å²) < 4.78 is 13.3. The number of phenols is 1. The first-order chi connectivity index (χ1) is 8.56. The Hall–Kier alpha value is -1.13. The fourth-order valence-electron chi connectivity index (χ4n) is 2.61. The maximum Gasteiger partial charge on any atom is 0.165 e. The Morgan fingerprint density at radius 2 is 2.22 bits per heavy atom. The molecule has 0 spiro atoms. The second kappa shape index (κ2) is 5.67. The lowest BCUT2D eigenvalue weighted by Gasteiger charge is -2.27. The number of hydrogen-bond acceptors (Lipinski definition) is 3. The Bertz CT molecular complexity index is 409. The molecule has 1 aliphatic rings. The summed E-state index contributed by atoms with van der Waals surface area (Å²) in [6, 6.07) is 5.21. The molecule has 1 N–H and O–H groups in total. The van der Waals surface area contributed by atoms with E-state index in [4.69, 9.17) is 0 Å². The Labute approximate surface area is 108 Å². The van der Waals surface area contributed by atoms with Gasteiger partial charge in [0.2, 0.25) is 0 Å². The first-order valence-corrected chi connectivity index (χ1v) is 6.42. The first kappa shape index (κ1) is 13.3. The normalized spacial score (nSPS) is 20.8. The van der Waals surface area contributed by atoms with Crippen molar-refractivity contribution in [2.24, 2.45) is 0 Å². The lowest BCUT2D eigenvalue weighted by molar-refractivity contribution is 0.201. The van der Waals surface area contributed by atoms with Crippen LogP contribution in [0, 0.1) is 5.82 Å². The monoisotopic (exact) mass is 252 g/mol. The minimum atomic E-state index is -0.532. The average molecular weight is 252 g/mol. The molecule has 1 unspecified atom stereocenters. The van der Waals surface area contributed by atoms with Crippen molar-refractivity contribution >= 4 is 0 Å². The van der Waals surface area contributed by atoms with Crippen molar-refractivity contribution in [1.29, 1.82) is 0 Å². The second-order valence-corrected chi connectivity index (χ2v) is 5.31. The molecule has 1 saturated heterocycles. The highest BCUT2D eigenvalue weighted by Crippen LogP contribution is 2.22. The van der Waals surface area contributed by atoms with E-state index in [1.165, 1.54) is 25.0 Å². The van der Waals surface area contributed by atoms with E-state index in [0.717, 1.165) is 25.2 Å². The van der Waals surface area contributed by atoms with Gasteiger partial charge in [-0.25, -0.2) is 4.39 Å². The van der Waals surface area contributed by atoms with Gasteiger partial charge in [-0.2, -0.15) is 0 Å². The first-order valence-electron chi connectivity index (χ1n) is 6.42. The molecule has 0 saturated carbocycles. The molecule has 1 fully saturated rings. The van der Waals surface area contributed by atoms with Crippen LogP contribution < -0.4 is 0 Å². The number of likely N-dealkylation sites (tertiary alicyclic amines) is 1. The minimum absolute atomic E-state index is 0.273. The molecule has 0 aromatic heterocycles. The Kier molecular flexibility index (Phi) is 4.19. The van der Waals surface area contributed by atoms with Crippen LogP contribution in [0.1, 0.15) is 18.4 Å². The summed E-state index contributed by atoms with van der Waals surface area (Å²) >= 11 is 0. The third-order valence-electron chi connectivity index (χ3n) is 3.47. The number of likely N-dealkylation sites (N-methyl/N-ethyl adjacent to an activating group) is 1. The van der Waals surface area contributed by atoms with E-state index < -0.39 is 5.82 Å². The Balaban J connectivity index is 2.01. The summed E-state index contributed by atoms with van der Waals surface area (Å²) in [7, 11) is 4.16. The maximum atomic E-state index is 13.3. The molecular weight excluding hydrogens is 231 g/mol. The van der Waals surface area contributed by atoms with Gasteiger partial charge in [-0.3, -0.25) is 4.90 Å². The topological polar surface area (TPSA) is 26.7 Å². The van der Waals surface area contributed by atoms with Gasteiger partial charge in [0.25, 0.3) is 0 Å². The predicted octanol–water partition coefficient (Wildman–Crippen LogP) is 2.06. The van der Waals surface area contributed by atoms with Crippen LogP contribution in [0.4, 0.5) is 4.39 Å². The quantitative estimate of drug-likeness (QED) is 0.888. The fraction of sp³-hybridized carbons (Fsp3) is 0.571. The maximum absolute atomic E-state index is 13.3. The van der Waals surface area contributed by atoms with Crippen LogP contribution in [0.5, 0.6) is 5.75 Å². The van der Waals surface area contributed by atoms with E-state index in [-0.39, 0.29) is 5.75 Å². The number of nitrogens with zero attached hydrogens (tertiary/aromatic N) is 2. The van der Waals surface area contributed by atoms with Gasteiger partial charge >= 0.3 is 0 Å². The average Bonchev–Trinajstić information content (AvgIpc) is 2.70. The predicted molar refractivity (Wildman–Crippen MR) is 70.1 cm³/mol. The zero-order valence-electron chi connectivity index (χ0n) is 11.1. The zero-order valence-corrected chi connectivity index (χ0v) is 11.1. The zero-order chi connectivity index (χ0) is 13.1. The Morgan fingerprint density at radius 1 is 1.44 bits per heavy atom. The van der Waals surface area contributed by atoms with Crippen LogP contribution in [0.25, 0.3) is 0 Å². The van der Waals surface area contributed by atoms with E-state index in [0.29, 0.717) is 6.04 Å². The Morgan fingerprint density at radius 3 is 2.89 bits per heavy atom. The van der Waals surface area contributed by atoms with Crippen molar-refractivity contribution in [3.63, 3.8) is 0 Å². The molecule has 3 nitrogen and oxygen atoms in total. The molecule has 1 atom stereocenters. The van der Waals surface area contributed by atoms with E-state index in [9.17, 15) is 9.50 Å². The van der Waals surface area contributed by atoms with Crippen LogP contribution >= 0.6 is 0 Å². The number of rotatable bonds is 4. The summed E-state index contributed by atoms with van der Waals surface area (Å²) in [6.07, 6.45) is 2.41. The van der Waals surface area contributed by atoms with E-state index >= 15 is 0 Å². The summed E-state index contributed by atoms with van der Waals surface area (Å²) in [4.78, 5) is 4.59. The molecule has 18 heavy (non-hydrogen) atoms. The molecule has 0 bridgehead atoms. The van der Waals surface area contributed by atoms with E-state index in [1.807, 2.05) is 0 Å². The highest BCUT2D eigenvalue weighted by Gasteiger charge is 2.24. The third kappa shape index (κ3) is 3.21. The summed E-state index contributed by atoms with van der Waals surface area (Å²) in [5.41, 5.74) is 0.927. The van der Waals surface area contributed by atoms with Crippen molar-refractivity contribution in [3.8, 4) is 5.75 Å². The van der Waals surface area contributed by atoms with Crippen molar-refractivity contribution in [1.82, 2.24) is 9.80 Å². The van der Waals surface area contributed by atoms with Crippen LogP contribution in [-0.4, -0.2) is 48.1 Å². The lowest BCUT2D eigenvalue weighted by atomic mass is 10.1. The molecule has 2 rings (SSSR count). The van der Waals surface area contributed by atoms with Crippen LogP contribution in [0.3, 0.4) is 0 Å². The molecule has 4 heteroatoms. The molecule has 1 aromatic carbocycles. The second-order valence-electron chi connectivity index (χ2n) is 5.31. The van der Waals surface area contributed by atoms with Gasteiger partial charge in [0, 0.05) is 19.1 Å². The summed E-state index contributed by atoms with van der Waals surface area (Å²) in [6.45, 7) is 2.87. The van der Waals surface area contributed by atoms with Gasteiger partial charge in [-0.05, 0) is 51.2 Å². The van der Waals surface area contributed by atoms with Gasteiger partial charge in [0.1, 0.15) is 0 Å². The van der Waals surface area contributed by atoms with E-state index in [1.54, 1.807) is 6.07 Å². The highest BCUT2D eigenvalue weighted by molar-refractivity contribution is 5.28. The van der Waals surface area contributed by atoms with Crippen LogP contribution in [0.15, 0.2) is 18.2 Å². The molecule has 0 radical (unpaired) electrons. The van der Waals surface area contributed by atoms with Gasteiger partial charge in [-0.15, -0.1) is 0 Å². The molecule has 1 aliphatic heterocycles. The summed E-state index contributed by atoms with van der Waals surface area (Å²) in [5, 5.41) is 9.18. The number of phenolic OH excluding ortho intramolecular Hbond substituents is 1. The highest BCUT2D eigenvalue weighted by atomic mass is 19.1. The van der Waals surface area contributed by atoms with Gasteiger partial charge in [-0.1, -0.05) is 6.07 Å². The third-order valence-corrected chi connectivity index (χ3v) is 3.47. The number of benzene rings is 1. The van der Waals surface area contributed by atoms with Gasteiger partial charge in [0.05, 0.1) is 0 Å². The van der Waals surface area contributed by atoms with E-state index in [2.05, 4.69) is 23.9 Å². The molecule has 1 heterocycles. The fourth-order valence-corrected chi connectivity index (χ4v) is 2.61. The van der Waals surface area contributed by atoms with Crippen molar-refractivity contribution in [2.75, 3.05) is 27.2 Å². The smallest absolute Gasteiger partial charge is 0.165 e.